The molecule has 0 spiro atoms. The maximum Gasteiger partial charge on any atom is 0.410 e. The second kappa shape index (κ2) is 15.3. The number of halogens is 1. The van der Waals surface area contributed by atoms with E-state index in [0.29, 0.717) is 30.4 Å². The molecule has 2 fully saturated rings. The number of aryl methyl sites for hydroxylation is 1. The van der Waals surface area contributed by atoms with Crippen LogP contribution in [0, 0.1) is 18.7 Å². The third-order valence-electron chi connectivity index (χ3n) is 10.00. The molecule has 4 heterocycles. The van der Waals surface area contributed by atoms with Crippen LogP contribution in [0.5, 0.6) is 0 Å². The monoisotopic (exact) mass is 787 g/mol. The van der Waals surface area contributed by atoms with Gasteiger partial charge < -0.3 is 25.0 Å². The number of rotatable bonds is 5. The summed E-state index contributed by atoms with van der Waals surface area (Å²) in [4.78, 5) is 72.1. The van der Waals surface area contributed by atoms with Crippen molar-refractivity contribution < 1.29 is 46.3 Å². The maximum atomic E-state index is 14.4. The molecule has 1 saturated carbocycles. The van der Waals surface area contributed by atoms with E-state index in [0.717, 1.165) is 22.6 Å². The van der Waals surface area contributed by atoms with Crippen molar-refractivity contribution in [3.63, 3.8) is 0 Å². The van der Waals surface area contributed by atoms with Gasteiger partial charge in [-0.3, -0.25) is 19.3 Å². The van der Waals surface area contributed by atoms with Crippen molar-refractivity contribution in [3.05, 3.63) is 64.3 Å². The highest BCUT2D eigenvalue weighted by atomic mass is 32.2. The molecule has 4 aliphatic rings. The molecule has 2 aromatic rings. The van der Waals surface area contributed by atoms with Crippen LogP contribution >= 0.6 is 11.3 Å². The molecule has 1 aromatic heterocycles. The van der Waals surface area contributed by atoms with Crippen LogP contribution in [0.4, 0.5) is 14.0 Å². The van der Waals surface area contributed by atoms with Gasteiger partial charge >= 0.3 is 12.2 Å². The number of ether oxygens (including phenoxy) is 2. The summed E-state index contributed by atoms with van der Waals surface area (Å²) in [5.74, 6) is -3.23. The lowest BCUT2D eigenvalue weighted by Gasteiger charge is -2.30. The summed E-state index contributed by atoms with van der Waals surface area (Å²) >= 11 is 1.00. The molecule has 0 bridgehead atoms. The largest absolute Gasteiger partial charge is 0.444 e. The SMILES string of the molecule is Cc1ccc(S(=O)(=O)NC(=O)[C@@]23C[C@H]2C=CCCCCC[C@H](NC(=O)OC(C)(C)C)C(=O)N2C[C@H](OC(=O)N4Cc5cccc(F)c5C4)C[C@H]2C(=O)N3)s1. The number of hydrogen-bond acceptors (Lipinski definition) is 10. The number of benzene rings is 1. The summed E-state index contributed by atoms with van der Waals surface area (Å²) < 4.78 is 54.2. The first-order valence-corrected chi connectivity index (χ1v) is 20.4. The summed E-state index contributed by atoms with van der Waals surface area (Å²) in [5.41, 5.74) is -1.45. The molecule has 5 atom stereocenters. The molecule has 1 saturated heterocycles. The Kier molecular flexibility index (Phi) is 11.1. The van der Waals surface area contributed by atoms with E-state index < -0.39 is 81.0 Å². The summed E-state index contributed by atoms with van der Waals surface area (Å²) in [6, 6.07) is 5.26. The zero-order valence-electron chi connectivity index (χ0n) is 30.7. The summed E-state index contributed by atoms with van der Waals surface area (Å²) in [5, 5.41) is 5.45. The van der Waals surface area contributed by atoms with Gasteiger partial charge in [-0.15, -0.1) is 11.3 Å². The average Bonchev–Trinajstić information content (AvgIpc) is 3.46. The lowest BCUT2D eigenvalue weighted by atomic mass is 10.0. The molecule has 1 aliphatic carbocycles. The molecule has 54 heavy (non-hydrogen) atoms. The Hall–Kier alpha value is -4.51. The Bertz CT molecular complexity index is 1960. The second-order valence-corrected chi connectivity index (χ2v) is 18.5. The van der Waals surface area contributed by atoms with E-state index in [1.165, 1.54) is 21.9 Å². The van der Waals surface area contributed by atoms with Gasteiger partial charge in [0, 0.05) is 29.3 Å². The van der Waals surface area contributed by atoms with Crippen molar-refractivity contribution in [1.82, 2.24) is 25.2 Å². The van der Waals surface area contributed by atoms with Crippen molar-refractivity contribution in [2.24, 2.45) is 5.92 Å². The number of thiophene rings is 1. The number of carbonyl (C=O) groups is 5. The van der Waals surface area contributed by atoms with E-state index in [9.17, 15) is 36.8 Å². The van der Waals surface area contributed by atoms with E-state index in [1.807, 2.05) is 6.08 Å². The van der Waals surface area contributed by atoms with Gasteiger partial charge in [-0.2, -0.15) is 0 Å². The van der Waals surface area contributed by atoms with Gasteiger partial charge in [-0.1, -0.05) is 37.1 Å². The molecule has 0 unspecified atom stereocenters. The standard InChI is InChI=1S/C37H46FN5O9S2/c1-22-15-16-30(53-22)54(49,50)41-33(46)37-18-24(37)12-8-6-5-7-9-14-28(39-34(47)52-36(2,3)4)32(45)43-20-25(17-29(43)31(44)40-37)51-35(48)42-19-23-11-10-13-27(38)26(23)21-42/h8,10-13,15-16,24-25,28-29H,5-7,9,14,17-21H2,1-4H3,(H,39,47)(H,40,44)(H,41,46)/t24-,25-,28+,29+,37-/m1/s1. The molecular formula is C37H46FN5O9S2. The number of fused-ring (bicyclic) bond motifs is 3. The van der Waals surface area contributed by atoms with Crippen LogP contribution in [0.3, 0.4) is 0 Å². The molecule has 17 heteroatoms. The molecule has 0 radical (unpaired) electrons. The van der Waals surface area contributed by atoms with Gasteiger partial charge in [0.25, 0.3) is 15.9 Å². The molecule has 3 N–H and O–H groups in total. The number of allylic oxidation sites excluding steroid dienone is 1. The number of alkyl carbamates (subject to hydrolysis) is 1. The zero-order valence-corrected chi connectivity index (χ0v) is 32.3. The molecule has 292 valence electrons. The highest BCUT2D eigenvalue weighted by Crippen LogP contribution is 2.46. The summed E-state index contributed by atoms with van der Waals surface area (Å²) in [6.45, 7) is 6.71. The van der Waals surface area contributed by atoms with E-state index in [4.69, 9.17) is 9.47 Å². The minimum absolute atomic E-state index is 0.0114. The van der Waals surface area contributed by atoms with E-state index in [-0.39, 0.29) is 43.1 Å². The fraction of sp³-hybridized carbons (Fsp3) is 0.541. The Morgan fingerprint density at radius 1 is 1.07 bits per heavy atom. The molecule has 1 aromatic carbocycles. The van der Waals surface area contributed by atoms with Gasteiger partial charge in [0.15, 0.2) is 0 Å². The lowest BCUT2D eigenvalue weighted by Crippen LogP contribution is -2.58. The molecule has 14 nitrogen and oxygen atoms in total. The van der Waals surface area contributed by atoms with Crippen LogP contribution in [-0.4, -0.2) is 84.0 Å². The Labute approximate surface area is 317 Å². The molecule has 6 rings (SSSR count). The number of nitrogens with zero attached hydrogens (tertiary/aromatic N) is 2. The van der Waals surface area contributed by atoms with Gasteiger partial charge in [-0.05, 0) is 77.1 Å². The molecule has 5 amide bonds. The van der Waals surface area contributed by atoms with Crippen molar-refractivity contribution in [2.45, 2.75) is 119 Å². The van der Waals surface area contributed by atoms with E-state index in [2.05, 4.69) is 15.4 Å². The normalized spacial score (nSPS) is 26.0. The van der Waals surface area contributed by atoms with Gasteiger partial charge in [0.1, 0.15) is 39.4 Å². The molecule has 3 aliphatic heterocycles. The number of amides is 5. The maximum absolute atomic E-state index is 14.4. The number of nitrogens with one attached hydrogen (secondary N) is 3. The third-order valence-corrected chi connectivity index (χ3v) is 12.8. The summed E-state index contributed by atoms with van der Waals surface area (Å²) in [7, 11) is -4.25. The fourth-order valence-corrected chi connectivity index (χ4v) is 9.48. The number of sulfonamides is 1. The predicted octanol–water partition coefficient (Wildman–Crippen LogP) is 4.41. The third kappa shape index (κ3) is 8.72. The van der Waals surface area contributed by atoms with Crippen molar-refractivity contribution in [1.29, 1.82) is 0 Å². The highest BCUT2D eigenvalue weighted by molar-refractivity contribution is 7.92. The predicted molar refractivity (Wildman–Crippen MR) is 195 cm³/mol. The Morgan fingerprint density at radius 3 is 2.56 bits per heavy atom. The van der Waals surface area contributed by atoms with E-state index >= 15 is 0 Å². The van der Waals surface area contributed by atoms with Gasteiger partial charge in [-0.25, -0.2) is 27.1 Å². The smallest absolute Gasteiger partial charge is 0.410 e. The van der Waals surface area contributed by atoms with Crippen LogP contribution in [0.2, 0.25) is 0 Å². The summed E-state index contributed by atoms with van der Waals surface area (Å²) in [6.07, 6.45) is 4.00. The minimum atomic E-state index is -4.25. The number of carbonyl (C=O) groups excluding carboxylic acids is 5. The first kappa shape index (κ1) is 39.2. The Morgan fingerprint density at radius 2 is 1.85 bits per heavy atom. The first-order chi connectivity index (χ1) is 25.5. The van der Waals surface area contributed by atoms with Crippen molar-refractivity contribution in [3.8, 4) is 0 Å². The van der Waals surface area contributed by atoms with Crippen molar-refractivity contribution >= 4 is 51.3 Å². The van der Waals surface area contributed by atoms with Crippen LogP contribution in [-0.2, 0) is 47.0 Å². The fourth-order valence-electron chi connectivity index (χ4n) is 7.16. The molecular weight excluding hydrogens is 742 g/mol. The quantitative estimate of drug-likeness (QED) is 0.370. The van der Waals surface area contributed by atoms with Gasteiger partial charge in [0.05, 0.1) is 13.1 Å². The van der Waals surface area contributed by atoms with Crippen molar-refractivity contribution in [2.75, 3.05) is 6.54 Å². The average molecular weight is 788 g/mol. The van der Waals surface area contributed by atoms with Crippen LogP contribution < -0.4 is 15.4 Å². The highest BCUT2D eigenvalue weighted by Gasteiger charge is 2.62. The van der Waals surface area contributed by atoms with E-state index in [1.54, 1.807) is 52.0 Å². The van der Waals surface area contributed by atoms with Crippen LogP contribution in [0.1, 0.15) is 81.7 Å². The topological polar surface area (TPSA) is 181 Å². The van der Waals surface area contributed by atoms with Gasteiger partial charge in [0.2, 0.25) is 11.8 Å². The first-order valence-electron chi connectivity index (χ1n) is 18.1. The number of hydrogen-bond donors (Lipinski definition) is 3. The van der Waals surface area contributed by atoms with Crippen LogP contribution in [0.25, 0.3) is 0 Å². The minimum Gasteiger partial charge on any atom is -0.444 e. The second-order valence-electron chi connectivity index (χ2n) is 15.3. The van der Waals surface area contributed by atoms with Crippen LogP contribution in [0.15, 0.2) is 46.7 Å². The Balaban J connectivity index is 1.26. The zero-order chi connectivity index (χ0) is 39.0. The lowest BCUT2D eigenvalue weighted by molar-refractivity contribution is -0.141.